The summed E-state index contributed by atoms with van der Waals surface area (Å²) in [6, 6.07) is 3.49. The fourth-order valence-electron chi connectivity index (χ4n) is 1.52. The topological polar surface area (TPSA) is 75.3 Å². The van der Waals surface area contributed by atoms with Crippen molar-refractivity contribution in [2.24, 2.45) is 0 Å². The number of carbonyl (C=O) groups excluding carboxylic acids is 1. The predicted octanol–water partition coefficient (Wildman–Crippen LogP) is 2.23. The van der Waals surface area contributed by atoms with Crippen LogP contribution in [-0.4, -0.2) is 23.2 Å². The monoisotopic (exact) mass is 314 g/mol. The highest BCUT2D eigenvalue weighted by Gasteiger charge is 2.25. The van der Waals surface area contributed by atoms with Crippen LogP contribution < -0.4 is 11.1 Å². The SMILES string of the molecule is CCC(C)(CO)NC(=O)c1cc(Br)cc(N)c1C. The molecular formula is C13H19BrN2O2. The molecule has 1 aromatic carbocycles. The summed E-state index contributed by atoms with van der Waals surface area (Å²) < 4.78 is 0.762. The minimum Gasteiger partial charge on any atom is -0.398 e. The molecule has 100 valence electrons. The molecule has 1 rings (SSSR count). The number of anilines is 1. The summed E-state index contributed by atoms with van der Waals surface area (Å²) in [5, 5.41) is 12.1. The smallest absolute Gasteiger partial charge is 0.252 e. The van der Waals surface area contributed by atoms with Crippen LogP contribution in [0, 0.1) is 6.92 Å². The number of rotatable bonds is 4. The van der Waals surface area contributed by atoms with E-state index in [9.17, 15) is 9.90 Å². The van der Waals surface area contributed by atoms with Crippen LogP contribution in [0.25, 0.3) is 0 Å². The molecule has 5 heteroatoms. The summed E-state index contributed by atoms with van der Waals surface area (Å²) in [4.78, 5) is 12.2. The summed E-state index contributed by atoms with van der Waals surface area (Å²) in [5.74, 6) is -0.223. The van der Waals surface area contributed by atoms with Crippen molar-refractivity contribution in [1.82, 2.24) is 5.32 Å². The van der Waals surface area contributed by atoms with Gasteiger partial charge in [0.1, 0.15) is 0 Å². The van der Waals surface area contributed by atoms with Gasteiger partial charge in [0.05, 0.1) is 12.1 Å². The zero-order valence-corrected chi connectivity index (χ0v) is 12.5. The molecule has 4 nitrogen and oxygen atoms in total. The Morgan fingerprint density at radius 1 is 1.56 bits per heavy atom. The van der Waals surface area contributed by atoms with Gasteiger partial charge < -0.3 is 16.2 Å². The fraction of sp³-hybridized carbons (Fsp3) is 0.462. The van der Waals surface area contributed by atoms with E-state index in [1.807, 2.05) is 13.8 Å². The predicted molar refractivity (Wildman–Crippen MR) is 76.5 cm³/mol. The number of nitrogens with one attached hydrogen (secondary N) is 1. The number of carbonyl (C=O) groups is 1. The Hall–Kier alpha value is -1.07. The molecule has 0 spiro atoms. The van der Waals surface area contributed by atoms with Gasteiger partial charge in [-0.2, -0.15) is 0 Å². The van der Waals surface area contributed by atoms with Crippen molar-refractivity contribution in [1.29, 1.82) is 0 Å². The summed E-state index contributed by atoms with van der Waals surface area (Å²) in [6.07, 6.45) is 0.651. The van der Waals surface area contributed by atoms with Gasteiger partial charge in [0, 0.05) is 15.7 Å². The Balaban J connectivity index is 3.05. The molecule has 0 bridgehead atoms. The lowest BCUT2D eigenvalue weighted by Gasteiger charge is -2.27. The molecule has 1 unspecified atom stereocenters. The van der Waals surface area contributed by atoms with Crippen LogP contribution in [-0.2, 0) is 0 Å². The molecule has 0 aliphatic heterocycles. The van der Waals surface area contributed by atoms with E-state index in [4.69, 9.17) is 5.73 Å². The van der Waals surface area contributed by atoms with Crippen LogP contribution in [0.3, 0.4) is 0 Å². The summed E-state index contributed by atoms with van der Waals surface area (Å²) in [5.41, 5.74) is 7.05. The van der Waals surface area contributed by atoms with Gasteiger partial charge in [-0.05, 0) is 38.0 Å². The summed E-state index contributed by atoms with van der Waals surface area (Å²) in [7, 11) is 0. The normalized spacial score (nSPS) is 14.1. The van der Waals surface area contributed by atoms with Crippen molar-refractivity contribution in [2.45, 2.75) is 32.7 Å². The minimum absolute atomic E-state index is 0.0994. The van der Waals surface area contributed by atoms with E-state index < -0.39 is 5.54 Å². The van der Waals surface area contributed by atoms with E-state index >= 15 is 0 Å². The molecule has 0 saturated carbocycles. The van der Waals surface area contributed by atoms with Gasteiger partial charge in [-0.3, -0.25) is 4.79 Å². The zero-order chi connectivity index (χ0) is 13.9. The van der Waals surface area contributed by atoms with E-state index in [-0.39, 0.29) is 12.5 Å². The Labute approximate surface area is 116 Å². The molecule has 0 aliphatic rings. The highest BCUT2D eigenvalue weighted by atomic mass is 79.9. The number of nitrogens with two attached hydrogens (primary N) is 1. The van der Waals surface area contributed by atoms with Crippen molar-refractivity contribution in [2.75, 3.05) is 12.3 Å². The number of hydrogen-bond donors (Lipinski definition) is 3. The second kappa shape index (κ2) is 5.71. The molecule has 1 amide bonds. The maximum absolute atomic E-state index is 12.2. The third-order valence-corrected chi connectivity index (χ3v) is 3.66. The summed E-state index contributed by atoms with van der Waals surface area (Å²) in [6.45, 7) is 5.43. The van der Waals surface area contributed by atoms with Gasteiger partial charge in [0.15, 0.2) is 0 Å². The first-order valence-corrected chi connectivity index (χ1v) is 6.61. The number of aliphatic hydroxyl groups excluding tert-OH is 1. The first-order valence-electron chi connectivity index (χ1n) is 5.82. The highest BCUT2D eigenvalue weighted by Crippen LogP contribution is 2.23. The van der Waals surface area contributed by atoms with Crippen LogP contribution in [0.15, 0.2) is 16.6 Å². The molecule has 0 radical (unpaired) electrons. The number of halogens is 1. The molecule has 1 aromatic rings. The van der Waals surface area contributed by atoms with Crippen molar-refractivity contribution in [3.63, 3.8) is 0 Å². The van der Waals surface area contributed by atoms with Gasteiger partial charge >= 0.3 is 0 Å². The lowest BCUT2D eigenvalue weighted by Crippen LogP contribution is -2.48. The van der Waals surface area contributed by atoms with Crippen LogP contribution >= 0.6 is 15.9 Å². The van der Waals surface area contributed by atoms with Gasteiger partial charge in [0.2, 0.25) is 0 Å². The quantitative estimate of drug-likeness (QED) is 0.746. The molecule has 4 N–H and O–H groups in total. The van der Waals surface area contributed by atoms with Crippen molar-refractivity contribution >= 4 is 27.5 Å². The molecule has 0 saturated heterocycles. The van der Waals surface area contributed by atoms with E-state index in [1.165, 1.54) is 0 Å². The van der Waals surface area contributed by atoms with Crippen LogP contribution in [0.2, 0.25) is 0 Å². The molecule has 0 heterocycles. The van der Waals surface area contributed by atoms with E-state index in [0.717, 1.165) is 10.0 Å². The minimum atomic E-state index is -0.611. The third-order valence-electron chi connectivity index (χ3n) is 3.20. The maximum Gasteiger partial charge on any atom is 0.252 e. The molecule has 0 aromatic heterocycles. The Kier molecular flexibility index (Phi) is 4.76. The first-order chi connectivity index (χ1) is 8.33. The molecule has 1 atom stereocenters. The maximum atomic E-state index is 12.2. The van der Waals surface area contributed by atoms with E-state index in [1.54, 1.807) is 19.1 Å². The number of benzene rings is 1. The van der Waals surface area contributed by atoms with Crippen LogP contribution in [0.5, 0.6) is 0 Å². The van der Waals surface area contributed by atoms with Crippen molar-refractivity contribution < 1.29 is 9.90 Å². The number of nitrogen functional groups attached to an aromatic ring is 1. The average Bonchev–Trinajstić information content (AvgIpc) is 2.33. The Morgan fingerprint density at radius 2 is 2.17 bits per heavy atom. The zero-order valence-electron chi connectivity index (χ0n) is 10.9. The lowest BCUT2D eigenvalue weighted by atomic mass is 9.98. The van der Waals surface area contributed by atoms with Gasteiger partial charge in [0.25, 0.3) is 5.91 Å². The second-order valence-corrected chi connectivity index (χ2v) is 5.61. The average molecular weight is 315 g/mol. The van der Waals surface area contributed by atoms with Gasteiger partial charge in [-0.25, -0.2) is 0 Å². The molecule has 0 aliphatic carbocycles. The Morgan fingerprint density at radius 3 is 2.67 bits per heavy atom. The van der Waals surface area contributed by atoms with Crippen molar-refractivity contribution in [3.8, 4) is 0 Å². The molecular weight excluding hydrogens is 296 g/mol. The van der Waals surface area contributed by atoms with Crippen molar-refractivity contribution in [3.05, 3.63) is 27.7 Å². The third kappa shape index (κ3) is 3.23. The Bertz CT molecular complexity index is 457. The number of hydrogen-bond acceptors (Lipinski definition) is 3. The first kappa shape index (κ1) is 15.0. The summed E-state index contributed by atoms with van der Waals surface area (Å²) >= 11 is 3.32. The largest absolute Gasteiger partial charge is 0.398 e. The van der Waals surface area contributed by atoms with E-state index in [0.29, 0.717) is 17.7 Å². The highest BCUT2D eigenvalue weighted by molar-refractivity contribution is 9.10. The molecule has 0 fully saturated rings. The van der Waals surface area contributed by atoms with Crippen LogP contribution in [0.1, 0.15) is 36.2 Å². The van der Waals surface area contributed by atoms with Gasteiger partial charge in [-0.15, -0.1) is 0 Å². The van der Waals surface area contributed by atoms with E-state index in [2.05, 4.69) is 21.2 Å². The van der Waals surface area contributed by atoms with Gasteiger partial charge in [-0.1, -0.05) is 22.9 Å². The standard InChI is InChI=1S/C13H19BrN2O2/c1-4-13(3,7-17)16-12(18)10-5-9(14)6-11(15)8(10)2/h5-6,17H,4,7,15H2,1-3H3,(H,16,18). The number of amides is 1. The lowest BCUT2D eigenvalue weighted by molar-refractivity contribution is 0.0847. The molecule has 18 heavy (non-hydrogen) atoms. The fourth-order valence-corrected chi connectivity index (χ4v) is 1.99. The van der Waals surface area contributed by atoms with Crippen LogP contribution in [0.4, 0.5) is 5.69 Å². The second-order valence-electron chi connectivity index (χ2n) is 4.69. The number of aliphatic hydroxyl groups is 1.